The third-order valence-electron chi connectivity index (χ3n) is 5.59. The minimum absolute atomic E-state index is 0.281. The van der Waals surface area contributed by atoms with Crippen LogP contribution in [0.3, 0.4) is 0 Å². The number of carbonyl (C=O) groups is 3. The van der Waals surface area contributed by atoms with Gasteiger partial charge in [0.05, 0.1) is 22.4 Å². The molecule has 0 spiro atoms. The van der Waals surface area contributed by atoms with Gasteiger partial charge in [-0.15, -0.1) is 0 Å². The van der Waals surface area contributed by atoms with Gasteiger partial charge in [-0.05, 0) is 89.6 Å². The van der Waals surface area contributed by atoms with Crippen molar-refractivity contribution in [3.8, 4) is 11.1 Å². The number of hydrogen-bond donors (Lipinski definition) is 2. The Morgan fingerprint density at radius 3 is 1.82 bits per heavy atom. The zero-order valence-electron chi connectivity index (χ0n) is 25.4. The summed E-state index contributed by atoms with van der Waals surface area (Å²) in [5, 5.41) is 2.80. The van der Waals surface area contributed by atoms with E-state index in [1.807, 2.05) is 51.1 Å². The van der Waals surface area contributed by atoms with Gasteiger partial charge in [-0.3, -0.25) is 9.78 Å². The number of nitrogen functional groups attached to an aromatic ring is 1. The highest BCUT2D eigenvalue weighted by atomic mass is 79.9. The Balaban J connectivity index is 0.000000297. The first-order valence-electron chi connectivity index (χ1n) is 13.7. The van der Waals surface area contributed by atoms with Gasteiger partial charge in [0.25, 0.3) is 5.91 Å². The fourth-order valence-corrected chi connectivity index (χ4v) is 4.47. The fourth-order valence-electron chi connectivity index (χ4n) is 3.73. The molecule has 10 heteroatoms. The van der Waals surface area contributed by atoms with E-state index < -0.39 is 23.1 Å². The summed E-state index contributed by atoms with van der Waals surface area (Å²) in [5.41, 5.74) is 8.21. The molecule has 0 bridgehead atoms. The number of hydrogen-bond acceptors (Lipinski definition) is 7. The third kappa shape index (κ3) is 10.6. The number of rotatable bonds is 5. The summed E-state index contributed by atoms with van der Waals surface area (Å²) in [6.07, 6.45) is 3.20. The van der Waals surface area contributed by atoms with Crippen molar-refractivity contribution in [1.82, 2.24) is 4.98 Å². The van der Waals surface area contributed by atoms with Gasteiger partial charge in [0.2, 0.25) is 0 Å². The molecule has 3 aromatic carbocycles. The Kier molecular flexibility index (Phi) is 11.5. The van der Waals surface area contributed by atoms with Gasteiger partial charge < -0.3 is 20.5 Å². The lowest BCUT2D eigenvalue weighted by Gasteiger charge is -2.20. The summed E-state index contributed by atoms with van der Waals surface area (Å²) < 4.78 is 12.2. The van der Waals surface area contributed by atoms with E-state index in [0.29, 0.717) is 22.5 Å². The second-order valence-electron chi connectivity index (χ2n) is 11.7. The predicted octanol–water partition coefficient (Wildman–Crippen LogP) is 8.71. The molecule has 1 amide bonds. The minimum Gasteiger partial charge on any atom is -0.456 e. The van der Waals surface area contributed by atoms with Gasteiger partial charge in [-0.2, -0.15) is 0 Å². The van der Waals surface area contributed by atoms with Crippen LogP contribution in [0.2, 0.25) is 0 Å². The first kappa shape index (κ1) is 34.5. The smallest absolute Gasteiger partial charge is 0.340 e. The summed E-state index contributed by atoms with van der Waals surface area (Å²) in [5.74, 6) is -1.26. The van der Waals surface area contributed by atoms with Crippen molar-refractivity contribution < 1.29 is 23.9 Å². The number of amides is 1. The molecule has 0 aliphatic carbocycles. The molecule has 0 radical (unpaired) electrons. The van der Waals surface area contributed by atoms with E-state index >= 15 is 0 Å². The molecule has 1 aromatic heterocycles. The van der Waals surface area contributed by atoms with Crippen molar-refractivity contribution in [3.05, 3.63) is 111 Å². The summed E-state index contributed by atoms with van der Waals surface area (Å²) in [6, 6.07) is 21.6. The van der Waals surface area contributed by atoms with Crippen molar-refractivity contribution in [2.45, 2.75) is 52.7 Å². The molecule has 8 nitrogen and oxygen atoms in total. The van der Waals surface area contributed by atoms with Crippen LogP contribution in [-0.2, 0) is 9.47 Å². The van der Waals surface area contributed by atoms with E-state index in [-0.39, 0.29) is 11.5 Å². The van der Waals surface area contributed by atoms with Crippen molar-refractivity contribution >= 4 is 61.1 Å². The standard InChI is InChI=1S/C23H21BrN2O3.C11H14BrNO2/c1-23(2,3)29-22(28)19-10-9-18(24)12-20(19)26-21(27)17-11-16(13-25-14-17)15-7-5-4-6-8-15;1-11(2,3)15-10(14)8-5-4-7(12)6-9(8)13/h4-14H,1-3H3,(H,26,27);4-6H,13H2,1-3H3. The molecule has 0 saturated carbocycles. The number of pyridine rings is 1. The molecule has 3 N–H and O–H groups in total. The topological polar surface area (TPSA) is 121 Å². The molecule has 4 aromatic rings. The zero-order valence-corrected chi connectivity index (χ0v) is 28.6. The second kappa shape index (κ2) is 14.6. The van der Waals surface area contributed by atoms with Gasteiger partial charge in [0, 0.05) is 32.6 Å². The molecule has 0 aliphatic heterocycles. The maximum Gasteiger partial charge on any atom is 0.340 e. The second-order valence-corrected chi connectivity index (χ2v) is 13.5. The molecule has 230 valence electrons. The normalized spacial score (nSPS) is 11.1. The van der Waals surface area contributed by atoms with Gasteiger partial charge in [-0.25, -0.2) is 9.59 Å². The van der Waals surface area contributed by atoms with E-state index in [1.165, 1.54) is 6.20 Å². The fraction of sp³-hybridized carbons (Fsp3) is 0.235. The number of benzene rings is 3. The van der Waals surface area contributed by atoms with Crippen LogP contribution < -0.4 is 11.1 Å². The zero-order chi connectivity index (χ0) is 32.7. The largest absolute Gasteiger partial charge is 0.456 e. The molecule has 0 fully saturated rings. The Bertz CT molecular complexity index is 1650. The number of nitrogens with two attached hydrogens (primary N) is 1. The highest BCUT2D eigenvalue weighted by Gasteiger charge is 2.22. The number of nitrogens with one attached hydrogen (secondary N) is 1. The monoisotopic (exact) mass is 723 g/mol. The van der Waals surface area contributed by atoms with Gasteiger partial charge in [0.15, 0.2) is 0 Å². The van der Waals surface area contributed by atoms with Gasteiger partial charge >= 0.3 is 11.9 Å². The number of aromatic nitrogens is 1. The Hall–Kier alpha value is -4.02. The van der Waals surface area contributed by atoms with Crippen LogP contribution in [0.1, 0.15) is 72.6 Å². The lowest BCUT2D eigenvalue weighted by atomic mass is 10.1. The molecule has 0 aliphatic rings. The van der Waals surface area contributed by atoms with Crippen LogP contribution in [0.4, 0.5) is 11.4 Å². The molecule has 0 unspecified atom stereocenters. The van der Waals surface area contributed by atoms with Gasteiger partial charge in [-0.1, -0.05) is 62.2 Å². The average molecular weight is 725 g/mol. The van der Waals surface area contributed by atoms with Crippen LogP contribution in [0, 0.1) is 0 Å². The number of carbonyl (C=O) groups excluding carboxylic acids is 3. The molecule has 0 saturated heterocycles. The van der Waals surface area contributed by atoms with E-state index in [2.05, 4.69) is 42.2 Å². The van der Waals surface area contributed by atoms with Crippen molar-refractivity contribution in [2.75, 3.05) is 11.1 Å². The first-order valence-corrected chi connectivity index (χ1v) is 15.2. The molecular formula is C34H35Br2N3O5. The number of esters is 2. The van der Waals surface area contributed by atoms with Crippen molar-refractivity contribution in [3.63, 3.8) is 0 Å². The summed E-state index contributed by atoms with van der Waals surface area (Å²) >= 11 is 6.65. The highest BCUT2D eigenvalue weighted by Crippen LogP contribution is 2.26. The third-order valence-corrected chi connectivity index (χ3v) is 6.58. The maximum atomic E-state index is 12.9. The van der Waals surface area contributed by atoms with Crippen LogP contribution >= 0.6 is 31.9 Å². The molecule has 0 atom stereocenters. The van der Waals surface area contributed by atoms with Crippen molar-refractivity contribution in [2.24, 2.45) is 0 Å². The predicted molar refractivity (Wildman–Crippen MR) is 181 cm³/mol. The lowest BCUT2D eigenvalue weighted by Crippen LogP contribution is -2.25. The number of anilines is 2. The Morgan fingerprint density at radius 1 is 0.705 bits per heavy atom. The first-order chi connectivity index (χ1) is 20.5. The minimum atomic E-state index is -0.640. The average Bonchev–Trinajstić information content (AvgIpc) is 2.92. The maximum absolute atomic E-state index is 12.9. The Morgan fingerprint density at radius 2 is 1.25 bits per heavy atom. The van der Waals surface area contributed by atoms with Crippen LogP contribution in [0.15, 0.2) is 94.1 Å². The number of nitrogens with zero attached hydrogens (tertiary/aromatic N) is 1. The summed E-state index contributed by atoms with van der Waals surface area (Å²) in [6.45, 7) is 10.8. The Labute approximate surface area is 274 Å². The summed E-state index contributed by atoms with van der Waals surface area (Å²) in [4.78, 5) is 41.3. The number of ether oxygens (including phenoxy) is 2. The van der Waals surface area contributed by atoms with E-state index in [9.17, 15) is 14.4 Å². The molecule has 44 heavy (non-hydrogen) atoms. The van der Waals surface area contributed by atoms with E-state index in [0.717, 1.165) is 20.1 Å². The molecule has 4 rings (SSSR count). The van der Waals surface area contributed by atoms with Crippen LogP contribution in [0.5, 0.6) is 0 Å². The molecular weight excluding hydrogens is 690 g/mol. The van der Waals surface area contributed by atoms with Crippen LogP contribution in [0.25, 0.3) is 11.1 Å². The van der Waals surface area contributed by atoms with Crippen LogP contribution in [-0.4, -0.2) is 34.0 Å². The van der Waals surface area contributed by atoms with Crippen molar-refractivity contribution in [1.29, 1.82) is 0 Å². The lowest BCUT2D eigenvalue weighted by molar-refractivity contribution is 0.00580. The van der Waals surface area contributed by atoms with Gasteiger partial charge in [0.1, 0.15) is 11.2 Å². The highest BCUT2D eigenvalue weighted by molar-refractivity contribution is 9.10. The summed E-state index contributed by atoms with van der Waals surface area (Å²) in [7, 11) is 0. The quantitative estimate of drug-likeness (QED) is 0.156. The number of halogens is 2. The molecule has 1 heterocycles. The van der Waals surface area contributed by atoms with E-state index in [4.69, 9.17) is 15.2 Å². The SMILES string of the molecule is CC(C)(C)OC(=O)c1ccc(Br)cc1N.CC(C)(C)OC(=O)c1ccc(Br)cc1NC(=O)c1cncc(-c2ccccc2)c1. The van der Waals surface area contributed by atoms with E-state index in [1.54, 1.807) is 69.4 Å².